The van der Waals surface area contributed by atoms with Gasteiger partial charge in [-0.2, -0.15) is 5.10 Å². The third-order valence-electron chi connectivity index (χ3n) is 6.26. The smallest absolute Gasteiger partial charge is 0.194 e. The van der Waals surface area contributed by atoms with E-state index in [0.717, 1.165) is 58.1 Å². The molecule has 32 heavy (non-hydrogen) atoms. The molecule has 2 aromatic rings. The van der Waals surface area contributed by atoms with Crippen molar-refractivity contribution in [3.05, 3.63) is 53.3 Å². The topological polar surface area (TPSA) is 63.9 Å². The minimum atomic E-state index is 0.320. The molecule has 3 heterocycles. The fourth-order valence-corrected chi connectivity index (χ4v) is 4.57. The lowest BCUT2D eigenvalue weighted by Gasteiger charge is -2.22. The lowest BCUT2D eigenvalue weighted by molar-refractivity contribution is -0.0390. The quantitative estimate of drug-likeness (QED) is 0.506. The molecule has 2 saturated heterocycles. The standard InChI is InChI=1S/C25H37N5O2/c1-3-26-25(30-10-7-21(18-30)14-23-16-28-29(2)17-23)27-15-20-5-4-6-22(13-20)19-32-24-8-11-31-12-9-24/h4-6,13,16-17,21,24H,3,7-12,14-15,18-19H2,1-2H3,(H,26,27). The van der Waals surface area contributed by atoms with Gasteiger partial charge in [0, 0.05) is 46.1 Å². The highest BCUT2D eigenvalue weighted by Crippen LogP contribution is 2.21. The Hall–Kier alpha value is -2.38. The zero-order chi connectivity index (χ0) is 22.2. The first-order chi connectivity index (χ1) is 15.7. The molecule has 1 atom stereocenters. The molecule has 0 saturated carbocycles. The normalized spacial score (nSPS) is 20.1. The van der Waals surface area contributed by atoms with Gasteiger partial charge in [-0.3, -0.25) is 4.68 Å². The van der Waals surface area contributed by atoms with Gasteiger partial charge in [-0.25, -0.2) is 4.99 Å². The molecule has 2 fully saturated rings. The van der Waals surface area contributed by atoms with Crippen molar-refractivity contribution in [1.82, 2.24) is 20.0 Å². The van der Waals surface area contributed by atoms with Crippen molar-refractivity contribution in [3.63, 3.8) is 0 Å². The van der Waals surface area contributed by atoms with Gasteiger partial charge in [0.05, 0.1) is 25.5 Å². The van der Waals surface area contributed by atoms with Gasteiger partial charge in [0.15, 0.2) is 5.96 Å². The van der Waals surface area contributed by atoms with E-state index < -0.39 is 0 Å². The summed E-state index contributed by atoms with van der Waals surface area (Å²) < 4.78 is 13.4. The van der Waals surface area contributed by atoms with Crippen LogP contribution in [0.1, 0.15) is 42.9 Å². The fraction of sp³-hybridized carbons (Fsp3) is 0.600. The van der Waals surface area contributed by atoms with Crippen molar-refractivity contribution in [2.75, 3.05) is 32.8 Å². The second-order valence-corrected chi connectivity index (χ2v) is 8.94. The number of likely N-dealkylation sites (tertiary alicyclic amines) is 1. The van der Waals surface area contributed by atoms with Crippen LogP contribution < -0.4 is 5.32 Å². The Morgan fingerprint density at radius 1 is 1.22 bits per heavy atom. The van der Waals surface area contributed by atoms with E-state index in [4.69, 9.17) is 14.5 Å². The maximum atomic E-state index is 6.09. The van der Waals surface area contributed by atoms with Crippen LogP contribution in [0.25, 0.3) is 0 Å². The number of ether oxygens (including phenoxy) is 2. The van der Waals surface area contributed by atoms with E-state index in [-0.39, 0.29) is 0 Å². The largest absolute Gasteiger partial charge is 0.381 e. The Morgan fingerprint density at radius 2 is 2.06 bits per heavy atom. The number of rotatable bonds is 8. The number of nitrogens with zero attached hydrogens (tertiary/aromatic N) is 4. The Balaban J connectivity index is 1.31. The minimum absolute atomic E-state index is 0.320. The molecule has 0 bridgehead atoms. The van der Waals surface area contributed by atoms with Crippen LogP contribution >= 0.6 is 0 Å². The second kappa shape index (κ2) is 11.5. The van der Waals surface area contributed by atoms with Gasteiger partial charge in [0.2, 0.25) is 0 Å². The molecule has 0 radical (unpaired) electrons. The van der Waals surface area contributed by atoms with Crippen LogP contribution in [0.4, 0.5) is 0 Å². The molecule has 0 amide bonds. The first kappa shape index (κ1) is 22.8. The van der Waals surface area contributed by atoms with Crippen molar-refractivity contribution < 1.29 is 9.47 Å². The molecule has 7 heteroatoms. The van der Waals surface area contributed by atoms with Crippen LogP contribution in [0.3, 0.4) is 0 Å². The van der Waals surface area contributed by atoms with E-state index in [0.29, 0.717) is 25.2 Å². The number of guanidine groups is 1. The molecule has 1 aromatic heterocycles. The van der Waals surface area contributed by atoms with Crippen LogP contribution in [0.5, 0.6) is 0 Å². The highest BCUT2D eigenvalue weighted by Gasteiger charge is 2.25. The second-order valence-electron chi connectivity index (χ2n) is 8.94. The van der Waals surface area contributed by atoms with Gasteiger partial charge in [0.25, 0.3) is 0 Å². The molecule has 1 unspecified atom stereocenters. The van der Waals surface area contributed by atoms with Crippen molar-refractivity contribution in [3.8, 4) is 0 Å². The zero-order valence-electron chi connectivity index (χ0n) is 19.5. The summed E-state index contributed by atoms with van der Waals surface area (Å²) in [6, 6.07) is 8.63. The number of hydrogen-bond donors (Lipinski definition) is 1. The number of hydrogen-bond acceptors (Lipinski definition) is 4. The molecule has 1 aromatic carbocycles. The molecule has 174 valence electrons. The van der Waals surface area contributed by atoms with E-state index in [1.807, 2.05) is 17.9 Å². The average Bonchev–Trinajstić information content (AvgIpc) is 3.45. The highest BCUT2D eigenvalue weighted by atomic mass is 16.5. The number of benzene rings is 1. The minimum Gasteiger partial charge on any atom is -0.381 e. The first-order valence-corrected chi connectivity index (χ1v) is 12.0. The third-order valence-corrected chi connectivity index (χ3v) is 6.26. The van der Waals surface area contributed by atoms with E-state index in [1.54, 1.807) is 0 Å². The third kappa shape index (κ3) is 6.56. The Labute approximate surface area is 191 Å². The van der Waals surface area contributed by atoms with Gasteiger partial charge in [0.1, 0.15) is 0 Å². The maximum Gasteiger partial charge on any atom is 0.194 e. The van der Waals surface area contributed by atoms with Crippen LogP contribution in [-0.4, -0.2) is 59.6 Å². The average molecular weight is 440 g/mol. The monoisotopic (exact) mass is 439 g/mol. The highest BCUT2D eigenvalue weighted by molar-refractivity contribution is 5.80. The Morgan fingerprint density at radius 3 is 2.84 bits per heavy atom. The molecule has 2 aliphatic rings. The Bertz CT molecular complexity index is 875. The molecule has 1 N–H and O–H groups in total. The fourth-order valence-electron chi connectivity index (χ4n) is 4.57. The number of aromatic nitrogens is 2. The summed E-state index contributed by atoms with van der Waals surface area (Å²) in [7, 11) is 1.98. The Kier molecular flexibility index (Phi) is 8.18. The summed E-state index contributed by atoms with van der Waals surface area (Å²) in [4.78, 5) is 7.37. The number of nitrogens with one attached hydrogen (secondary N) is 1. The maximum absolute atomic E-state index is 6.09. The summed E-state index contributed by atoms with van der Waals surface area (Å²) in [5.41, 5.74) is 3.76. The zero-order valence-corrected chi connectivity index (χ0v) is 19.5. The molecular weight excluding hydrogens is 402 g/mol. The van der Waals surface area contributed by atoms with Crippen molar-refractivity contribution in [2.24, 2.45) is 18.0 Å². The molecular formula is C25H37N5O2. The predicted octanol–water partition coefficient (Wildman–Crippen LogP) is 3.15. The summed E-state index contributed by atoms with van der Waals surface area (Å²) >= 11 is 0. The van der Waals surface area contributed by atoms with E-state index in [9.17, 15) is 0 Å². The van der Waals surface area contributed by atoms with Crippen molar-refractivity contribution >= 4 is 5.96 Å². The van der Waals surface area contributed by atoms with Crippen LogP contribution in [-0.2, 0) is 36.1 Å². The molecule has 7 nitrogen and oxygen atoms in total. The summed E-state index contributed by atoms with van der Waals surface area (Å²) in [5, 5.41) is 7.79. The van der Waals surface area contributed by atoms with Gasteiger partial charge in [-0.1, -0.05) is 24.3 Å². The molecule has 2 aliphatic heterocycles. The van der Waals surface area contributed by atoms with Crippen LogP contribution in [0.15, 0.2) is 41.7 Å². The molecule has 0 aliphatic carbocycles. The first-order valence-electron chi connectivity index (χ1n) is 12.0. The lowest BCUT2D eigenvalue weighted by Crippen LogP contribution is -2.40. The lowest BCUT2D eigenvalue weighted by atomic mass is 10.0. The van der Waals surface area contributed by atoms with Gasteiger partial charge in [-0.05, 0) is 55.2 Å². The van der Waals surface area contributed by atoms with Gasteiger partial charge >= 0.3 is 0 Å². The summed E-state index contributed by atoms with van der Waals surface area (Å²) in [5.74, 6) is 1.67. The number of aliphatic imine (C=N–C) groups is 1. The van der Waals surface area contributed by atoms with Crippen LogP contribution in [0, 0.1) is 5.92 Å². The molecule has 4 rings (SSSR count). The molecule has 0 spiro atoms. The summed E-state index contributed by atoms with van der Waals surface area (Å²) in [6.45, 7) is 8.06. The number of aryl methyl sites for hydroxylation is 1. The van der Waals surface area contributed by atoms with Crippen molar-refractivity contribution in [2.45, 2.75) is 51.9 Å². The SMILES string of the molecule is CCNC(=NCc1cccc(COC2CCOCC2)c1)N1CCC(Cc2cnn(C)c2)C1. The van der Waals surface area contributed by atoms with E-state index >= 15 is 0 Å². The van der Waals surface area contributed by atoms with E-state index in [1.165, 1.54) is 23.1 Å². The van der Waals surface area contributed by atoms with E-state index in [2.05, 4.69) is 52.7 Å². The summed E-state index contributed by atoms with van der Waals surface area (Å²) in [6.07, 6.45) is 8.69. The van der Waals surface area contributed by atoms with Gasteiger partial charge in [-0.15, -0.1) is 0 Å². The van der Waals surface area contributed by atoms with Crippen molar-refractivity contribution in [1.29, 1.82) is 0 Å². The predicted molar refractivity (Wildman–Crippen MR) is 126 cm³/mol. The van der Waals surface area contributed by atoms with Crippen LogP contribution in [0.2, 0.25) is 0 Å². The van der Waals surface area contributed by atoms with Gasteiger partial charge < -0.3 is 19.7 Å².